The Kier molecular flexibility index (Phi) is 6.62. The monoisotopic (exact) mass is 391 g/mol. The number of hydrogen-bond acceptors (Lipinski definition) is 3. The van der Waals surface area contributed by atoms with Crippen LogP contribution < -0.4 is 0 Å². The summed E-state index contributed by atoms with van der Waals surface area (Å²) in [6.45, 7) is 6.05. The molecule has 2 heterocycles. The maximum atomic E-state index is 4.82. The summed E-state index contributed by atoms with van der Waals surface area (Å²) in [5.74, 6) is 1.67. The van der Waals surface area contributed by atoms with E-state index in [1.54, 1.807) is 4.80 Å². The smallest absolute Gasteiger partial charge is 0.133 e. The highest BCUT2D eigenvalue weighted by molar-refractivity contribution is 5.85. The first-order valence-electron chi connectivity index (χ1n) is 8.45. The van der Waals surface area contributed by atoms with Crippen LogP contribution in [0.5, 0.6) is 0 Å². The van der Waals surface area contributed by atoms with Gasteiger partial charge < -0.3 is 4.57 Å². The molecular weight excluding hydrogens is 369 g/mol. The summed E-state index contributed by atoms with van der Waals surface area (Å²) in [6.07, 6.45) is 1.13. The summed E-state index contributed by atoms with van der Waals surface area (Å²) in [6, 6.07) is 16.3. The summed E-state index contributed by atoms with van der Waals surface area (Å²) in [4.78, 5) is 6.57. The zero-order valence-corrected chi connectivity index (χ0v) is 16.5. The molecule has 4 rings (SSSR count). The van der Waals surface area contributed by atoms with Crippen LogP contribution in [-0.4, -0.2) is 24.5 Å². The van der Waals surface area contributed by atoms with Gasteiger partial charge in [-0.1, -0.05) is 38.1 Å². The van der Waals surface area contributed by atoms with Crippen molar-refractivity contribution in [1.29, 1.82) is 0 Å². The minimum absolute atomic E-state index is 0. The molecule has 26 heavy (non-hydrogen) atoms. The molecule has 0 atom stereocenters. The average Bonchev–Trinajstić information content (AvgIpc) is 3.13. The lowest BCUT2D eigenvalue weighted by molar-refractivity contribution is 0.493. The molecule has 0 aliphatic carbocycles. The Morgan fingerprint density at radius 1 is 0.846 bits per heavy atom. The molecule has 2 aromatic heterocycles. The van der Waals surface area contributed by atoms with E-state index in [4.69, 9.17) is 4.98 Å². The largest absolute Gasteiger partial charge is 0.326 e. The van der Waals surface area contributed by atoms with Crippen molar-refractivity contribution in [2.45, 2.75) is 33.4 Å². The molecular formula is C19H23Cl2N5. The van der Waals surface area contributed by atoms with E-state index in [1.165, 1.54) is 5.52 Å². The first-order chi connectivity index (χ1) is 11.7. The number of fused-ring (bicyclic) bond motifs is 2. The van der Waals surface area contributed by atoms with Crippen LogP contribution in [0.25, 0.3) is 22.1 Å². The van der Waals surface area contributed by atoms with Gasteiger partial charge in [0.25, 0.3) is 0 Å². The maximum Gasteiger partial charge on any atom is 0.133 e. The molecule has 5 nitrogen and oxygen atoms in total. The highest BCUT2D eigenvalue weighted by Crippen LogP contribution is 2.19. The molecule has 2 aromatic carbocycles. The van der Waals surface area contributed by atoms with Gasteiger partial charge in [-0.3, -0.25) is 0 Å². The molecule has 138 valence electrons. The summed E-state index contributed by atoms with van der Waals surface area (Å²) >= 11 is 0. The third-order valence-corrected chi connectivity index (χ3v) is 4.27. The molecule has 0 bridgehead atoms. The summed E-state index contributed by atoms with van der Waals surface area (Å²) in [5.41, 5.74) is 4.06. The quantitative estimate of drug-likeness (QED) is 0.494. The molecule has 7 heteroatoms. The van der Waals surface area contributed by atoms with Gasteiger partial charge in [-0.05, 0) is 36.6 Å². The van der Waals surface area contributed by atoms with Crippen LogP contribution in [0, 0.1) is 5.92 Å². The van der Waals surface area contributed by atoms with E-state index < -0.39 is 0 Å². The lowest BCUT2D eigenvalue weighted by Gasteiger charge is -2.10. The first kappa shape index (κ1) is 20.2. The van der Waals surface area contributed by atoms with E-state index in [9.17, 15) is 0 Å². The topological polar surface area (TPSA) is 48.5 Å². The van der Waals surface area contributed by atoms with Gasteiger partial charge in [0.1, 0.15) is 23.4 Å². The lowest BCUT2D eigenvalue weighted by atomic mass is 10.1. The summed E-state index contributed by atoms with van der Waals surface area (Å²) < 4.78 is 2.31. The predicted octanol–water partition coefficient (Wildman–Crippen LogP) is 4.72. The molecule has 0 unspecified atom stereocenters. The van der Waals surface area contributed by atoms with Crippen LogP contribution in [0.3, 0.4) is 0 Å². The van der Waals surface area contributed by atoms with Gasteiger partial charge in [0.15, 0.2) is 0 Å². The lowest BCUT2D eigenvalue weighted by Crippen LogP contribution is -2.12. The number of aromatic nitrogens is 5. The summed E-state index contributed by atoms with van der Waals surface area (Å²) in [5, 5.41) is 9.13. The van der Waals surface area contributed by atoms with Crippen molar-refractivity contribution in [2.24, 2.45) is 5.92 Å². The second kappa shape index (κ2) is 8.52. The Bertz CT molecular complexity index is 957. The molecule has 0 saturated heterocycles. The number of halogens is 2. The highest BCUT2D eigenvalue weighted by atomic mass is 35.5. The summed E-state index contributed by atoms with van der Waals surface area (Å²) in [7, 11) is 0. The maximum absolute atomic E-state index is 4.82. The van der Waals surface area contributed by atoms with Crippen molar-refractivity contribution >= 4 is 46.9 Å². The molecule has 0 aliphatic heterocycles. The fourth-order valence-electron chi connectivity index (χ4n) is 2.98. The standard InChI is InChI=1S/C19H21N5.2ClH/c1-14(2)11-12-23-18-10-6-5-9-17(18)20-19(23)13-24-21-15-7-3-4-8-16(15)22-24;;/h3-10,14H,11-13H2,1-2H3;2*1H. The molecule has 0 radical (unpaired) electrons. The van der Waals surface area contributed by atoms with E-state index in [0.29, 0.717) is 12.5 Å². The zero-order chi connectivity index (χ0) is 16.5. The number of aryl methyl sites for hydroxylation is 1. The first-order valence-corrected chi connectivity index (χ1v) is 8.45. The van der Waals surface area contributed by atoms with Crippen LogP contribution in [0.15, 0.2) is 48.5 Å². The van der Waals surface area contributed by atoms with Gasteiger partial charge in [0.05, 0.1) is 11.0 Å². The Balaban J connectivity index is 0.00000121. The van der Waals surface area contributed by atoms with Gasteiger partial charge in [0.2, 0.25) is 0 Å². The number of nitrogens with zero attached hydrogens (tertiary/aromatic N) is 5. The van der Waals surface area contributed by atoms with Crippen molar-refractivity contribution in [3.05, 3.63) is 54.4 Å². The number of imidazole rings is 1. The van der Waals surface area contributed by atoms with Crippen LogP contribution in [0.4, 0.5) is 0 Å². The molecule has 0 fully saturated rings. The predicted molar refractivity (Wildman–Crippen MR) is 110 cm³/mol. The highest BCUT2D eigenvalue weighted by Gasteiger charge is 2.13. The van der Waals surface area contributed by atoms with Gasteiger partial charge in [-0.2, -0.15) is 15.0 Å². The molecule has 0 spiro atoms. The Morgan fingerprint density at radius 2 is 1.42 bits per heavy atom. The second-order valence-electron chi connectivity index (χ2n) is 6.57. The number of rotatable bonds is 5. The van der Waals surface area contributed by atoms with E-state index in [-0.39, 0.29) is 24.8 Å². The van der Waals surface area contributed by atoms with E-state index in [0.717, 1.165) is 35.3 Å². The third kappa shape index (κ3) is 4.00. The normalized spacial score (nSPS) is 10.9. The Labute approximate surface area is 165 Å². The third-order valence-electron chi connectivity index (χ3n) is 4.27. The molecule has 0 saturated carbocycles. The zero-order valence-electron chi connectivity index (χ0n) is 14.9. The van der Waals surface area contributed by atoms with Crippen LogP contribution in [0.1, 0.15) is 26.1 Å². The van der Waals surface area contributed by atoms with Crippen molar-refractivity contribution in [2.75, 3.05) is 0 Å². The van der Waals surface area contributed by atoms with Gasteiger partial charge in [0, 0.05) is 6.54 Å². The minimum Gasteiger partial charge on any atom is -0.326 e. The van der Waals surface area contributed by atoms with Crippen LogP contribution in [0.2, 0.25) is 0 Å². The SMILES string of the molecule is CC(C)CCn1c(Cn2nc3ccccc3n2)nc2ccccc21.Cl.Cl. The minimum atomic E-state index is 0. The van der Waals surface area contributed by atoms with Gasteiger partial charge in [-0.15, -0.1) is 24.8 Å². The van der Waals surface area contributed by atoms with Crippen molar-refractivity contribution in [3.8, 4) is 0 Å². The van der Waals surface area contributed by atoms with Crippen LogP contribution in [-0.2, 0) is 13.1 Å². The van der Waals surface area contributed by atoms with Crippen molar-refractivity contribution in [3.63, 3.8) is 0 Å². The average molecular weight is 392 g/mol. The second-order valence-corrected chi connectivity index (χ2v) is 6.57. The van der Waals surface area contributed by atoms with E-state index in [2.05, 4.69) is 46.8 Å². The molecule has 0 amide bonds. The Morgan fingerprint density at radius 3 is 2.04 bits per heavy atom. The van der Waals surface area contributed by atoms with Gasteiger partial charge >= 0.3 is 0 Å². The molecule has 0 aliphatic rings. The van der Waals surface area contributed by atoms with Crippen LogP contribution >= 0.6 is 24.8 Å². The Hall–Kier alpha value is -2.11. The van der Waals surface area contributed by atoms with E-state index in [1.807, 2.05) is 30.3 Å². The van der Waals surface area contributed by atoms with E-state index >= 15 is 0 Å². The fourth-order valence-corrected chi connectivity index (χ4v) is 2.98. The van der Waals surface area contributed by atoms with Crippen molar-refractivity contribution < 1.29 is 0 Å². The number of benzene rings is 2. The number of hydrogen-bond donors (Lipinski definition) is 0. The van der Waals surface area contributed by atoms with Crippen molar-refractivity contribution in [1.82, 2.24) is 24.5 Å². The van der Waals surface area contributed by atoms with Gasteiger partial charge in [-0.25, -0.2) is 4.98 Å². The molecule has 0 N–H and O–H groups in total. The number of para-hydroxylation sites is 2. The fraction of sp³-hybridized carbons (Fsp3) is 0.316. The molecule has 4 aromatic rings.